The number of carbonyl (C=O) groups excluding carboxylic acids is 1. The number of phenolic OH excluding ortho intramolecular Hbond substituents is 1. The van der Waals surface area contributed by atoms with E-state index in [0.717, 1.165) is 4.47 Å². The van der Waals surface area contributed by atoms with Gasteiger partial charge in [0, 0.05) is 16.6 Å². The van der Waals surface area contributed by atoms with Crippen LogP contribution >= 0.6 is 15.9 Å². The van der Waals surface area contributed by atoms with Gasteiger partial charge in [0.15, 0.2) is 0 Å². The molecule has 0 saturated carbocycles. The van der Waals surface area contributed by atoms with Crippen LogP contribution in [0.1, 0.15) is 37.0 Å². The summed E-state index contributed by atoms with van der Waals surface area (Å²) in [7, 11) is 0. The number of halogens is 1. The van der Waals surface area contributed by atoms with Gasteiger partial charge in [0.05, 0.1) is 5.56 Å². The van der Waals surface area contributed by atoms with Gasteiger partial charge in [0.25, 0.3) is 5.91 Å². The topological polar surface area (TPSA) is 69.6 Å². The Balaban J connectivity index is 2.90. The fourth-order valence-corrected chi connectivity index (χ4v) is 1.97. The summed E-state index contributed by atoms with van der Waals surface area (Å²) in [6, 6.07) is 4.70. The van der Waals surface area contributed by atoms with Gasteiger partial charge in [-0.15, -0.1) is 0 Å². The van der Waals surface area contributed by atoms with Crippen molar-refractivity contribution in [3.8, 4) is 5.75 Å². The van der Waals surface area contributed by atoms with Gasteiger partial charge >= 0.3 is 0 Å². The van der Waals surface area contributed by atoms with Gasteiger partial charge in [-0.3, -0.25) is 4.79 Å². The van der Waals surface area contributed by atoms with Crippen molar-refractivity contribution in [3.05, 3.63) is 28.2 Å². The second-order valence-electron chi connectivity index (χ2n) is 4.50. The molecule has 18 heavy (non-hydrogen) atoms. The molecule has 0 aliphatic heterocycles. The monoisotopic (exact) mass is 315 g/mol. The number of amides is 1. The molecule has 0 spiro atoms. The molecule has 1 amide bonds. The summed E-state index contributed by atoms with van der Waals surface area (Å²) in [5, 5.41) is 21.5. The quantitative estimate of drug-likeness (QED) is 0.781. The second kappa shape index (κ2) is 6.20. The van der Waals surface area contributed by atoms with Crippen LogP contribution in [0.15, 0.2) is 22.7 Å². The summed E-state index contributed by atoms with van der Waals surface area (Å²) in [5.74, 6) is -0.398. The Morgan fingerprint density at radius 3 is 2.72 bits per heavy atom. The maximum absolute atomic E-state index is 12.1. The van der Waals surface area contributed by atoms with Crippen molar-refractivity contribution in [2.75, 3.05) is 6.61 Å². The Kier molecular flexibility index (Phi) is 5.16. The lowest BCUT2D eigenvalue weighted by atomic mass is 9.94. The van der Waals surface area contributed by atoms with Crippen molar-refractivity contribution in [2.45, 2.75) is 32.2 Å². The summed E-state index contributed by atoms with van der Waals surface area (Å²) in [4.78, 5) is 12.1. The highest BCUT2D eigenvalue weighted by molar-refractivity contribution is 9.10. The lowest BCUT2D eigenvalue weighted by molar-refractivity contribution is 0.0883. The molecule has 1 rings (SSSR count). The fraction of sp³-hybridized carbons (Fsp3) is 0.462. The smallest absolute Gasteiger partial charge is 0.255 e. The molecule has 4 nitrogen and oxygen atoms in total. The van der Waals surface area contributed by atoms with Crippen LogP contribution in [-0.4, -0.2) is 28.3 Å². The van der Waals surface area contributed by atoms with E-state index in [-0.39, 0.29) is 23.8 Å². The van der Waals surface area contributed by atoms with Crippen LogP contribution in [0, 0.1) is 0 Å². The van der Waals surface area contributed by atoms with Crippen LogP contribution in [0.2, 0.25) is 0 Å². The zero-order chi connectivity index (χ0) is 13.8. The zero-order valence-corrected chi connectivity index (χ0v) is 12.1. The van der Waals surface area contributed by atoms with Crippen LogP contribution in [-0.2, 0) is 0 Å². The number of hydrogen-bond donors (Lipinski definition) is 3. The molecule has 0 radical (unpaired) electrons. The summed E-state index contributed by atoms with van der Waals surface area (Å²) >= 11 is 3.26. The molecular formula is C13H18BrNO3. The van der Waals surface area contributed by atoms with Gasteiger partial charge in [-0.1, -0.05) is 22.9 Å². The molecule has 0 bridgehead atoms. The van der Waals surface area contributed by atoms with E-state index in [1.807, 2.05) is 13.8 Å². The Bertz CT molecular complexity index is 436. The predicted octanol–water partition coefficient (Wildman–Crippen LogP) is 2.44. The van der Waals surface area contributed by atoms with Crippen molar-refractivity contribution >= 4 is 21.8 Å². The third-order valence-electron chi connectivity index (χ3n) is 3.06. The zero-order valence-electron chi connectivity index (χ0n) is 10.5. The largest absolute Gasteiger partial charge is 0.507 e. The Morgan fingerprint density at radius 2 is 2.17 bits per heavy atom. The molecule has 0 aliphatic rings. The van der Waals surface area contributed by atoms with Crippen LogP contribution in [0.4, 0.5) is 0 Å². The van der Waals surface area contributed by atoms with Crippen LogP contribution in [0.3, 0.4) is 0 Å². The van der Waals surface area contributed by atoms with Gasteiger partial charge < -0.3 is 15.5 Å². The standard InChI is InChI=1S/C13H18BrNO3/c1-3-13(2,6-7-16)15-12(18)10-8-9(14)4-5-11(10)17/h4-5,8,16-17H,3,6-7H2,1-2H3,(H,15,18). The number of nitrogens with one attached hydrogen (secondary N) is 1. The van der Waals surface area contributed by atoms with E-state index in [4.69, 9.17) is 5.11 Å². The van der Waals surface area contributed by atoms with E-state index in [1.54, 1.807) is 12.1 Å². The Labute approximate surface area is 115 Å². The lowest BCUT2D eigenvalue weighted by Crippen LogP contribution is -2.46. The molecule has 1 aromatic carbocycles. The molecule has 1 unspecified atom stereocenters. The summed E-state index contributed by atoms with van der Waals surface area (Å²) in [6.45, 7) is 3.82. The maximum atomic E-state index is 12.1. The van der Waals surface area contributed by atoms with E-state index in [2.05, 4.69) is 21.2 Å². The van der Waals surface area contributed by atoms with E-state index < -0.39 is 5.54 Å². The number of rotatable bonds is 5. The van der Waals surface area contributed by atoms with Crippen molar-refractivity contribution in [1.29, 1.82) is 0 Å². The lowest BCUT2D eigenvalue weighted by Gasteiger charge is -2.29. The first-order valence-corrected chi connectivity index (χ1v) is 6.63. The molecule has 1 atom stereocenters. The average molecular weight is 316 g/mol. The number of hydrogen-bond acceptors (Lipinski definition) is 3. The van der Waals surface area contributed by atoms with E-state index in [1.165, 1.54) is 6.07 Å². The van der Waals surface area contributed by atoms with Crippen LogP contribution < -0.4 is 5.32 Å². The minimum Gasteiger partial charge on any atom is -0.507 e. The maximum Gasteiger partial charge on any atom is 0.255 e. The first-order valence-electron chi connectivity index (χ1n) is 5.84. The van der Waals surface area contributed by atoms with Crippen molar-refractivity contribution in [3.63, 3.8) is 0 Å². The number of aromatic hydroxyl groups is 1. The van der Waals surface area contributed by atoms with Gasteiger partial charge in [-0.05, 0) is 38.0 Å². The molecule has 0 aromatic heterocycles. The molecule has 1 aromatic rings. The molecule has 0 saturated heterocycles. The molecule has 3 N–H and O–H groups in total. The SMILES string of the molecule is CCC(C)(CCO)NC(=O)c1cc(Br)ccc1O. The van der Waals surface area contributed by atoms with Gasteiger partial charge in [0.2, 0.25) is 0 Å². The number of benzene rings is 1. The fourth-order valence-electron chi connectivity index (χ4n) is 1.61. The van der Waals surface area contributed by atoms with E-state index in [9.17, 15) is 9.90 Å². The molecule has 0 heterocycles. The van der Waals surface area contributed by atoms with Gasteiger partial charge in [-0.25, -0.2) is 0 Å². The van der Waals surface area contributed by atoms with Crippen LogP contribution in [0.25, 0.3) is 0 Å². The van der Waals surface area contributed by atoms with Crippen molar-refractivity contribution in [1.82, 2.24) is 5.32 Å². The average Bonchev–Trinajstić information content (AvgIpc) is 2.32. The predicted molar refractivity (Wildman–Crippen MR) is 73.7 cm³/mol. The van der Waals surface area contributed by atoms with Crippen molar-refractivity contribution in [2.24, 2.45) is 0 Å². The van der Waals surface area contributed by atoms with E-state index >= 15 is 0 Å². The number of aliphatic hydroxyl groups is 1. The highest BCUT2D eigenvalue weighted by atomic mass is 79.9. The molecule has 5 heteroatoms. The summed E-state index contributed by atoms with van der Waals surface area (Å²) < 4.78 is 0.728. The first kappa shape index (κ1) is 15.0. The van der Waals surface area contributed by atoms with E-state index in [0.29, 0.717) is 12.8 Å². The van der Waals surface area contributed by atoms with Gasteiger partial charge in [-0.2, -0.15) is 0 Å². The Morgan fingerprint density at radius 1 is 1.50 bits per heavy atom. The third kappa shape index (κ3) is 3.71. The van der Waals surface area contributed by atoms with Crippen molar-refractivity contribution < 1.29 is 15.0 Å². The summed E-state index contributed by atoms with van der Waals surface area (Å²) in [6.07, 6.45) is 1.18. The second-order valence-corrected chi connectivity index (χ2v) is 5.42. The number of phenols is 1. The molecule has 100 valence electrons. The van der Waals surface area contributed by atoms with Crippen LogP contribution in [0.5, 0.6) is 5.75 Å². The third-order valence-corrected chi connectivity index (χ3v) is 3.56. The highest BCUT2D eigenvalue weighted by Gasteiger charge is 2.25. The highest BCUT2D eigenvalue weighted by Crippen LogP contribution is 2.23. The minimum atomic E-state index is -0.472. The summed E-state index contributed by atoms with van der Waals surface area (Å²) in [5.41, 5.74) is -0.248. The number of carbonyl (C=O) groups is 1. The molecule has 0 fully saturated rings. The molecular weight excluding hydrogens is 298 g/mol. The van der Waals surface area contributed by atoms with Gasteiger partial charge in [0.1, 0.15) is 5.75 Å². The Hall–Kier alpha value is -1.07. The number of aliphatic hydroxyl groups excluding tert-OH is 1. The normalized spacial score (nSPS) is 14.0. The molecule has 0 aliphatic carbocycles. The first-order chi connectivity index (χ1) is 8.41. The minimum absolute atomic E-state index is 0.00901.